The van der Waals surface area contributed by atoms with Crippen molar-refractivity contribution in [2.45, 2.75) is 84.7 Å². The molecule has 0 unspecified atom stereocenters. The summed E-state index contributed by atoms with van der Waals surface area (Å²) in [5, 5.41) is 26.5. The van der Waals surface area contributed by atoms with Crippen LogP contribution in [0.15, 0.2) is 90.6 Å². The maximum absolute atomic E-state index is 14.1. The number of aliphatic hydroxyl groups excluding tert-OH is 1. The van der Waals surface area contributed by atoms with Crippen molar-refractivity contribution in [1.29, 1.82) is 0 Å². The third-order valence-corrected chi connectivity index (χ3v) is 12.7. The van der Waals surface area contributed by atoms with E-state index in [9.17, 15) is 24.3 Å². The lowest BCUT2D eigenvalue weighted by Crippen LogP contribution is -2.58. The molecule has 1 saturated heterocycles. The van der Waals surface area contributed by atoms with Gasteiger partial charge in [-0.15, -0.1) is 11.3 Å². The predicted molar refractivity (Wildman–Crippen MR) is 255 cm³/mol. The number of aromatic nitrogens is 2. The molecule has 352 valence electrons. The summed E-state index contributed by atoms with van der Waals surface area (Å²) in [6, 6.07) is 21.9. The number of likely N-dealkylation sites (tertiary alicyclic amines) is 1. The number of aliphatic hydroxyl groups is 1. The molecule has 4 amide bonds. The van der Waals surface area contributed by atoms with Gasteiger partial charge in [-0.1, -0.05) is 87.5 Å². The zero-order valence-corrected chi connectivity index (χ0v) is 39.2. The smallest absolute Gasteiger partial charge is 0.267 e. The minimum absolute atomic E-state index is 0.0123. The van der Waals surface area contributed by atoms with Crippen LogP contribution in [-0.4, -0.2) is 118 Å². The van der Waals surface area contributed by atoms with Gasteiger partial charge in [0.1, 0.15) is 12.1 Å². The number of benzene rings is 3. The van der Waals surface area contributed by atoms with Crippen LogP contribution in [0.4, 0.5) is 0 Å². The molecule has 5 aromatic rings. The van der Waals surface area contributed by atoms with Crippen molar-refractivity contribution < 1.29 is 39.0 Å². The lowest BCUT2D eigenvalue weighted by molar-refractivity contribution is -0.144. The Hall–Kier alpha value is -5.75. The number of hydroxylamine groups is 1. The fourth-order valence-corrected chi connectivity index (χ4v) is 8.83. The van der Waals surface area contributed by atoms with Crippen LogP contribution in [0.2, 0.25) is 0 Å². The summed E-state index contributed by atoms with van der Waals surface area (Å²) < 4.78 is 11.7. The molecule has 0 bridgehead atoms. The minimum atomic E-state index is -0.942. The van der Waals surface area contributed by atoms with Crippen LogP contribution >= 0.6 is 11.3 Å². The van der Waals surface area contributed by atoms with Crippen molar-refractivity contribution in [2.75, 3.05) is 46.1 Å². The third kappa shape index (κ3) is 13.9. The van der Waals surface area contributed by atoms with Crippen molar-refractivity contribution in [3.05, 3.63) is 119 Å². The number of hydrogen-bond donors (Lipinski definition) is 6. The number of nitrogens with one attached hydrogen (secondary N) is 4. The van der Waals surface area contributed by atoms with E-state index in [-0.39, 0.29) is 50.5 Å². The standard InChI is InChI=1S/C50H63N7O8S/c1-33(37-15-17-38(18-16-37)46-34(2)52-32-66-46)53-48(61)43-28-40(58)31-57(43)49(62)47(50(3,4)5)54-44(59)21-24-64-26-27-65-25-23-56(22-20-39-29-51-42-9-7-6-8-41(39)42)30-36-12-10-35(11-13-36)14-19-45(60)55-63/h6-19,29,32-33,40,43,47,51,58,63H,20-28,30-31H2,1-5H3,(H,53,61)(H,54,59)(H,55,60)/b19-14+/t33-,40+,43-,47+/m0/s1. The third-order valence-electron chi connectivity index (χ3n) is 11.8. The number of aromatic amines is 1. The van der Waals surface area contributed by atoms with Gasteiger partial charge in [-0.25, -0.2) is 10.5 Å². The maximum Gasteiger partial charge on any atom is 0.267 e. The number of nitrogens with zero attached hydrogens (tertiary/aromatic N) is 3. The summed E-state index contributed by atoms with van der Waals surface area (Å²) in [4.78, 5) is 64.9. The van der Waals surface area contributed by atoms with Crippen molar-refractivity contribution >= 4 is 51.9 Å². The molecule has 6 N–H and O–H groups in total. The average molecular weight is 922 g/mol. The largest absolute Gasteiger partial charge is 0.391 e. The summed E-state index contributed by atoms with van der Waals surface area (Å²) >= 11 is 1.57. The second kappa shape index (κ2) is 23.6. The fourth-order valence-electron chi connectivity index (χ4n) is 8.02. The first-order valence-electron chi connectivity index (χ1n) is 22.4. The van der Waals surface area contributed by atoms with E-state index in [4.69, 9.17) is 14.7 Å². The molecule has 0 saturated carbocycles. The molecular formula is C50H63N7O8S. The van der Waals surface area contributed by atoms with Gasteiger partial charge >= 0.3 is 0 Å². The average Bonchev–Trinajstić information content (AvgIpc) is 4.05. The second-order valence-electron chi connectivity index (χ2n) is 17.8. The number of rotatable bonds is 22. The highest BCUT2D eigenvalue weighted by molar-refractivity contribution is 7.13. The second-order valence-corrected chi connectivity index (χ2v) is 18.6. The van der Waals surface area contributed by atoms with Crippen LogP contribution in [-0.2, 0) is 41.6 Å². The van der Waals surface area contributed by atoms with Gasteiger partial charge in [0.2, 0.25) is 17.7 Å². The Bertz CT molecular complexity index is 2410. The van der Waals surface area contributed by atoms with Crippen LogP contribution in [0.25, 0.3) is 27.4 Å². The normalized spacial score (nSPS) is 16.2. The molecule has 0 radical (unpaired) electrons. The van der Waals surface area contributed by atoms with Gasteiger partial charge in [-0.05, 0) is 65.6 Å². The van der Waals surface area contributed by atoms with Crippen molar-refractivity contribution in [1.82, 2.24) is 35.9 Å². The molecular weight excluding hydrogens is 859 g/mol. The van der Waals surface area contributed by atoms with E-state index >= 15 is 0 Å². The Labute approximate surface area is 390 Å². The molecule has 1 aliphatic heterocycles. The quantitative estimate of drug-likeness (QED) is 0.0209. The Balaban J connectivity index is 0.943. The van der Waals surface area contributed by atoms with Gasteiger partial charge in [0.15, 0.2) is 0 Å². The number of thiazole rings is 1. The van der Waals surface area contributed by atoms with Crippen molar-refractivity contribution in [2.24, 2.45) is 5.41 Å². The van der Waals surface area contributed by atoms with E-state index in [1.165, 1.54) is 21.9 Å². The van der Waals surface area contributed by atoms with E-state index in [0.29, 0.717) is 26.3 Å². The SMILES string of the molecule is Cc1ncsc1-c1ccc([C@H](C)NC(=O)[C@@H]2C[C@@H](O)CN2C(=O)[C@@H](NC(=O)CCOCCOCCN(CCc2c[nH]c3ccccc23)Cc2ccc(/C=C/C(=O)NO)cc2)C(C)(C)C)cc1. The van der Waals surface area contributed by atoms with Gasteiger partial charge in [0.25, 0.3) is 5.91 Å². The Morgan fingerprint density at radius 3 is 2.39 bits per heavy atom. The summed E-state index contributed by atoms with van der Waals surface area (Å²) in [7, 11) is 0. The Kier molecular flexibility index (Phi) is 17.8. The number of carbonyl (C=O) groups is 4. The summed E-state index contributed by atoms with van der Waals surface area (Å²) in [6.45, 7) is 12.8. The van der Waals surface area contributed by atoms with E-state index in [2.05, 4.69) is 43.8 Å². The van der Waals surface area contributed by atoms with E-state index < -0.39 is 35.4 Å². The molecule has 15 nitrogen and oxygen atoms in total. The first kappa shape index (κ1) is 49.7. The molecule has 0 spiro atoms. The van der Waals surface area contributed by atoms with E-state index in [1.54, 1.807) is 22.9 Å². The zero-order chi connectivity index (χ0) is 47.2. The molecule has 1 fully saturated rings. The summed E-state index contributed by atoms with van der Waals surface area (Å²) in [6.07, 6.45) is 5.04. The molecule has 6 rings (SSSR count). The highest BCUT2D eigenvalue weighted by Crippen LogP contribution is 2.30. The molecule has 3 heterocycles. The molecule has 3 aromatic carbocycles. The maximum atomic E-state index is 14.1. The fraction of sp³-hybridized carbons (Fsp3) is 0.420. The van der Waals surface area contributed by atoms with Crippen LogP contribution < -0.4 is 16.1 Å². The zero-order valence-electron chi connectivity index (χ0n) is 38.4. The first-order valence-corrected chi connectivity index (χ1v) is 23.3. The van der Waals surface area contributed by atoms with E-state index in [1.807, 2.05) is 101 Å². The number of ether oxygens (including phenoxy) is 2. The Morgan fingerprint density at radius 2 is 1.70 bits per heavy atom. The number of H-pyrrole nitrogens is 1. The van der Waals surface area contributed by atoms with Crippen LogP contribution in [0.1, 0.15) is 74.5 Å². The molecule has 2 aromatic heterocycles. The number of aryl methyl sites for hydroxylation is 1. The number of hydrogen-bond acceptors (Lipinski definition) is 11. The van der Waals surface area contributed by atoms with Crippen LogP contribution in [0.5, 0.6) is 0 Å². The van der Waals surface area contributed by atoms with Crippen molar-refractivity contribution in [3.8, 4) is 10.4 Å². The number of para-hydroxylation sites is 1. The Morgan fingerprint density at radius 1 is 0.970 bits per heavy atom. The van der Waals surface area contributed by atoms with Gasteiger partial charge < -0.3 is 35.1 Å². The van der Waals surface area contributed by atoms with Crippen molar-refractivity contribution in [3.63, 3.8) is 0 Å². The number of β-amino-alcohol motifs (C(OH)–C–C–N with tert-alkyl or cyclic N) is 1. The molecule has 4 atom stereocenters. The van der Waals surface area contributed by atoms with Gasteiger partial charge in [0, 0.05) is 62.2 Å². The molecule has 66 heavy (non-hydrogen) atoms. The number of carbonyl (C=O) groups excluding carboxylic acids is 4. The lowest BCUT2D eigenvalue weighted by Gasteiger charge is -2.35. The highest BCUT2D eigenvalue weighted by Gasteiger charge is 2.44. The monoisotopic (exact) mass is 921 g/mol. The lowest BCUT2D eigenvalue weighted by atomic mass is 9.85. The summed E-state index contributed by atoms with van der Waals surface area (Å²) in [5.74, 6) is -1.74. The number of fused-ring (bicyclic) bond motifs is 1. The first-order chi connectivity index (χ1) is 31.7. The highest BCUT2D eigenvalue weighted by atomic mass is 32.1. The van der Waals surface area contributed by atoms with Gasteiger partial charge in [-0.3, -0.25) is 29.3 Å². The van der Waals surface area contributed by atoms with Crippen LogP contribution in [0.3, 0.4) is 0 Å². The van der Waals surface area contributed by atoms with Crippen LogP contribution in [0, 0.1) is 12.3 Å². The molecule has 1 aliphatic rings. The predicted octanol–water partition coefficient (Wildman–Crippen LogP) is 5.96. The molecule has 0 aliphatic carbocycles. The summed E-state index contributed by atoms with van der Waals surface area (Å²) in [5.41, 5.74) is 9.91. The number of amides is 4. The molecule has 16 heteroatoms. The van der Waals surface area contributed by atoms with Gasteiger partial charge in [0.05, 0.1) is 54.7 Å². The van der Waals surface area contributed by atoms with Gasteiger partial charge in [-0.2, -0.15) is 0 Å². The minimum Gasteiger partial charge on any atom is -0.391 e. The topological polar surface area (TPSA) is 198 Å². The van der Waals surface area contributed by atoms with E-state index in [0.717, 1.165) is 51.3 Å².